The van der Waals surface area contributed by atoms with Gasteiger partial charge in [0.15, 0.2) is 0 Å². The molecule has 1 fully saturated rings. The van der Waals surface area contributed by atoms with Gasteiger partial charge in [-0.3, -0.25) is 19.0 Å². The molecule has 0 radical (unpaired) electrons. The van der Waals surface area contributed by atoms with Crippen LogP contribution in [0.5, 0.6) is 5.75 Å². The molecule has 9 heteroatoms. The number of aromatic nitrogens is 2. The molecule has 8 nitrogen and oxygen atoms in total. The molecule has 2 amide bonds. The molecule has 0 aliphatic carbocycles. The number of carbonyl (C=O) groups excluding carboxylic acids is 2. The Labute approximate surface area is 177 Å². The van der Waals surface area contributed by atoms with Gasteiger partial charge in [0.2, 0.25) is 11.8 Å². The van der Waals surface area contributed by atoms with Crippen LogP contribution in [0.3, 0.4) is 0 Å². The SMILES string of the molecule is CCOc1ccc(N2CC(C(=O)NCCn3cnc4ccsc4c3=O)CC2=O)cc1. The van der Waals surface area contributed by atoms with Crippen LogP contribution in [0, 0.1) is 5.92 Å². The van der Waals surface area contributed by atoms with Crippen molar-refractivity contribution in [2.45, 2.75) is 19.9 Å². The monoisotopic (exact) mass is 426 g/mol. The number of ether oxygens (including phenoxy) is 1. The number of fused-ring (bicyclic) bond motifs is 1. The molecule has 1 aliphatic rings. The standard InChI is InChI=1S/C21H22N4O4S/c1-2-29-16-5-3-15(4-6-16)25-12-14(11-18(25)26)20(27)22-8-9-24-13-23-17-7-10-30-19(17)21(24)28/h3-7,10,13-14H,2,8-9,11-12H2,1H3,(H,22,27). The second kappa shape index (κ2) is 8.66. The zero-order valence-corrected chi connectivity index (χ0v) is 17.4. The van der Waals surface area contributed by atoms with Crippen molar-refractivity contribution in [3.63, 3.8) is 0 Å². The van der Waals surface area contributed by atoms with Gasteiger partial charge in [-0.2, -0.15) is 0 Å². The molecule has 0 spiro atoms. The Bertz CT molecular complexity index is 1120. The molecule has 1 unspecified atom stereocenters. The first-order valence-electron chi connectivity index (χ1n) is 9.80. The molecule has 4 rings (SSSR count). The van der Waals surface area contributed by atoms with E-state index >= 15 is 0 Å². The summed E-state index contributed by atoms with van der Waals surface area (Å²) >= 11 is 1.36. The molecule has 1 aromatic carbocycles. The maximum absolute atomic E-state index is 12.5. The van der Waals surface area contributed by atoms with Crippen LogP contribution in [0.15, 0.2) is 46.8 Å². The number of carbonyl (C=O) groups is 2. The minimum Gasteiger partial charge on any atom is -0.494 e. The summed E-state index contributed by atoms with van der Waals surface area (Å²) in [4.78, 5) is 43.2. The van der Waals surface area contributed by atoms with Gasteiger partial charge in [-0.25, -0.2) is 4.98 Å². The molecule has 3 heterocycles. The number of benzene rings is 1. The maximum Gasteiger partial charge on any atom is 0.271 e. The van der Waals surface area contributed by atoms with Crippen molar-refractivity contribution in [3.05, 3.63) is 52.4 Å². The summed E-state index contributed by atoms with van der Waals surface area (Å²) < 4.78 is 7.52. The van der Waals surface area contributed by atoms with Crippen LogP contribution in [0.2, 0.25) is 0 Å². The number of hydrogen-bond acceptors (Lipinski definition) is 6. The van der Waals surface area contributed by atoms with Crippen LogP contribution in [-0.2, 0) is 16.1 Å². The van der Waals surface area contributed by atoms with Crippen LogP contribution in [0.4, 0.5) is 5.69 Å². The summed E-state index contributed by atoms with van der Waals surface area (Å²) in [5, 5.41) is 4.67. The second-order valence-corrected chi connectivity index (χ2v) is 7.92. The fourth-order valence-corrected chi connectivity index (χ4v) is 4.30. The van der Waals surface area contributed by atoms with Gasteiger partial charge in [0.25, 0.3) is 5.56 Å². The summed E-state index contributed by atoms with van der Waals surface area (Å²) in [6.07, 6.45) is 1.66. The highest BCUT2D eigenvalue weighted by Crippen LogP contribution is 2.27. The molecule has 1 saturated heterocycles. The quantitative estimate of drug-likeness (QED) is 0.624. The lowest BCUT2D eigenvalue weighted by molar-refractivity contribution is -0.126. The number of hydrogen-bond donors (Lipinski definition) is 1. The number of nitrogens with one attached hydrogen (secondary N) is 1. The van der Waals surface area contributed by atoms with Gasteiger partial charge >= 0.3 is 0 Å². The zero-order valence-electron chi connectivity index (χ0n) is 16.5. The average Bonchev–Trinajstić information content (AvgIpc) is 3.38. The van der Waals surface area contributed by atoms with E-state index in [2.05, 4.69) is 10.3 Å². The average molecular weight is 426 g/mol. The smallest absolute Gasteiger partial charge is 0.271 e. The fraction of sp³-hybridized carbons (Fsp3) is 0.333. The minimum absolute atomic E-state index is 0.0807. The van der Waals surface area contributed by atoms with Crippen LogP contribution < -0.4 is 20.5 Å². The fourth-order valence-electron chi connectivity index (χ4n) is 3.50. The highest BCUT2D eigenvalue weighted by molar-refractivity contribution is 7.17. The van der Waals surface area contributed by atoms with Gasteiger partial charge in [0, 0.05) is 31.7 Å². The van der Waals surface area contributed by atoms with Crippen molar-refractivity contribution >= 4 is 39.1 Å². The summed E-state index contributed by atoms with van der Waals surface area (Å²) in [6.45, 7) is 3.45. The van der Waals surface area contributed by atoms with Crippen molar-refractivity contribution in [1.82, 2.24) is 14.9 Å². The van der Waals surface area contributed by atoms with Gasteiger partial charge < -0.3 is 15.0 Å². The Morgan fingerprint density at radius 3 is 2.83 bits per heavy atom. The van der Waals surface area contributed by atoms with Gasteiger partial charge in [-0.1, -0.05) is 0 Å². The molecule has 30 heavy (non-hydrogen) atoms. The van der Waals surface area contributed by atoms with E-state index in [0.29, 0.717) is 36.5 Å². The summed E-state index contributed by atoms with van der Waals surface area (Å²) in [5.74, 6) is 0.0595. The van der Waals surface area contributed by atoms with Crippen LogP contribution in [0.1, 0.15) is 13.3 Å². The number of amides is 2. The molecule has 2 aromatic heterocycles. The largest absolute Gasteiger partial charge is 0.494 e. The third-order valence-electron chi connectivity index (χ3n) is 5.04. The number of anilines is 1. The van der Waals surface area contributed by atoms with Crippen LogP contribution >= 0.6 is 11.3 Å². The molecule has 156 valence electrons. The van der Waals surface area contributed by atoms with E-state index in [4.69, 9.17) is 4.74 Å². The third-order valence-corrected chi connectivity index (χ3v) is 5.93. The Morgan fingerprint density at radius 2 is 2.07 bits per heavy atom. The van der Waals surface area contributed by atoms with Gasteiger partial charge in [0.1, 0.15) is 10.4 Å². The van der Waals surface area contributed by atoms with E-state index < -0.39 is 5.92 Å². The van der Waals surface area contributed by atoms with Crippen LogP contribution in [-0.4, -0.2) is 41.1 Å². The predicted molar refractivity (Wildman–Crippen MR) is 115 cm³/mol. The predicted octanol–water partition coefficient (Wildman–Crippen LogP) is 2.03. The van der Waals surface area contributed by atoms with Gasteiger partial charge in [-0.15, -0.1) is 11.3 Å². The second-order valence-electron chi connectivity index (χ2n) is 7.00. The minimum atomic E-state index is -0.418. The summed E-state index contributed by atoms with van der Waals surface area (Å²) in [7, 11) is 0. The van der Waals surface area contributed by atoms with Crippen molar-refractivity contribution in [2.75, 3.05) is 24.6 Å². The van der Waals surface area contributed by atoms with E-state index in [1.807, 2.05) is 36.6 Å². The normalized spacial score (nSPS) is 16.2. The first-order chi connectivity index (χ1) is 14.6. The van der Waals surface area contributed by atoms with E-state index in [1.54, 1.807) is 11.0 Å². The Kier molecular flexibility index (Phi) is 5.80. The molecule has 1 N–H and O–H groups in total. The lowest BCUT2D eigenvalue weighted by Gasteiger charge is -2.17. The Hall–Kier alpha value is -3.20. The van der Waals surface area contributed by atoms with Crippen molar-refractivity contribution < 1.29 is 14.3 Å². The highest BCUT2D eigenvalue weighted by atomic mass is 32.1. The van der Waals surface area contributed by atoms with E-state index in [1.165, 1.54) is 22.2 Å². The van der Waals surface area contributed by atoms with Crippen LogP contribution in [0.25, 0.3) is 10.2 Å². The number of nitrogens with zero attached hydrogens (tertiary/aromatic N) is 3. The molecule has 3 aromatic rings. The Morgan fingerprint density at radius 1 is 1.27 bits per heavy atom. The molecular weight excluding hydrogens is 404 g/mol. The summed E-state index contributed by atoms with van der Waals surface area (Å²) in [6, 6.07) is 9.08. The zero-order chi connectivity index (χ0) is 21.1. The highest BCUT2D eigenvalue weighted by Gasteiger charge is 2.34. The number of thiophene rings is 1. The van der Waals surface area contributed by atoms with E-state index in [0.717, 1.165) is 11.4 Å². The van der Waals surface area contributed by atoms with E-state index in [-0.39, 0.29) is 23.8 Å². The van der Waals surface area contributed by atoms with Crippen molar-refractivity contribution in [3.8, 4) is 5.75 Å². The molecule has 1 aliphatic heterocycles. The topological polar surface area (TPSA) is 93.5 Å². The molecular formula is C21H22N4O4S. The van der Waals surface area contributed by atoms with Gasteiger partial charge in [-0.05, 0) is 42.6 Å². The lowest BCUT2D eigenvalue weighted by atomic mass is 10.1. The maximum atomic E-state index is 12.5. The number of rotatable bonds is 7. The van der Waals surface area contributed by atoms with Gasteiger partial charge in [0.05, 0.1) is 24.4 Å². The van der Waals surface area contributed by atoms with E-state index in [9.17, 15) is 14.4 Å². The lowest BCUT2D eigenvalue weighted by Crippen LogP contribution is -2.36. The molecule has 0 saturated carbocycles. The van der Waals surface area contributed by atoms with Crippen molar-refractivity contribution in [2.24, 2.45) is 5.92 Å². The van der Waals surface area contributed by atoms with Crippen molar-refractivity contribution in [1.29, 1.82) is 0 Å². The molecule has 1 atom stereocenters. The first-order valence-corrected chi connectivity index (χ1v) is 10.7. The summed E-state index contributed by atoms with van der Waals surface area (Å²) in [5.41, 5.74) is 1.33. The molecule has 0 bridgehead atoms. The third kappa shape index (κ3) is 4.06. The Balaban J connectivity index is 1.33. The first kappa shape index (κ1) is 20.1.